The number of unbranched alkanes of at least 4 members (excludes halogenated alkanes) is 3. The van der Waals surface area contributed by atoms with E-state index in [0.717, 1.165) is 5.33 Å². The molecular formula is C18H20BrS2+. The summed E-state index contributed by atoms with van der Waals surface area (Å²) in [4.78, 5) is 6.03. The Morgan fingerprint density at radius 2 is 1.33 bits per heavy atom. The minimum Gasteiger partial charge on any atom is -0.0928 e. The summed E-state index contributed by atoms with van der Waals surface area (Å²) >= 11 is 5.45. The van der Waals surface area contributed by atoms with Crippen LogP contribution in [0.1, 0.15) is 25.7 Å². The Morgan fingerprint density at radius 1 is 0.762 bits per heavy atom. The standard InChI is InChI=1S/C18H20BrS2/c19-13-7-1-2-8-14-21-17-11-5-3-9-15(17)20-16-10-4-6-12-18(16)21/h3-6,9-12H,1-2,7-8,13-14H2/q+1. The fourth-order valence-electron chi connectivity index (χ4n) is 2.63. The molecule has 3 rings (SSSR count). The molecule has 0 bridgehead atoms. The fraction of sp³-hybridized carbons (Fsp3) is 0.333. The Balaban J connectivity index is 1.78. The molecule has 110 valence electrons. The summed E-state index contributed by atoms with van der Waals surface area (Å²) in [6.07, 6.45) is 5.34. The van der Waals surface area contributed by atoms with E-state index in [-0.39, 0.29) is 10.9 Å². The van der Waals surface area contributed by atoms with Gasteiger partial charge in [-0.3, -0.25) is 0 Å². The highest BCUT2D eigenvalue weighted by molar-refractivity contribution is 9.09. The molecule has 0 N–H and O–H groups in total. The van der Waals surface area contributed by atoms with Crippen LogP contribution in [0.15, 0.2) is 68.1 Å². The third-order valence-electron chi connectivity index (χ3n) is 3.68. The molecule has 0 spiro atoms. The van der Waals surface area contributed by atoms with Crippen molar-refractivity contribution in [1.29, 1.82) is 0 Å². The van der Waals surface area contributed by atoms with Gasteiger partial charge in [0.05, 0.1) is 20.7 Å². The van der Waals surface area contributed by atoms with Crippen molar-refractivity contribution in [3.8, 4) is 0 Å². The molecule has 0 atom stereocenters. The van der Waals surface area contributed by atoms with Crippen molar-refractivity contribution in [3.63, 3.8) is 0 Å². The predicted molar refractivity (Wildman–Crippen MR) is 98.0 cm³/mol. The summed E-state index contributed by atoms with van der Waals surface area (Å²) < 4.78 is 0. The van der Waals surface area contributed by atoms with Gasteiger partial charge in [-0.25, -0.2) is 0 Å². The zero-order chi connectivity index (χ0) is 14.5. The summed E-state index contributed by atoms with van der Waals surface area (Å²) in [6.45, 7) is 0. The number of alkyl halides is 1. The second kappa shape index (κ2) is 7.75. The third kappa shape index (κ3) is 3.69. The summed E-state index contributed by atoms with van der Waals surface area (Å²) in [6, 6.07) is 17.9. The molecule has 2 aromatic rings. The van der Waals surface area contributed by atoms with Crippen molar-refractivity contribution >= 4 is 38.6 Å². The van der Waals surface area contributed by atoms with Crippen LogP contribution < -0.4 is 0 Å². The molecule has 0 saturated heterocycles. The summed E-state index contributed by atoms with van der Waals surface area (Å²) in [7, 11) is 0.267. The van der Waals surface area contributed by atoms with E-state index in [1.54, 1.807) is 9.79 Å². The first kappa shape index (κ1) is 15.5. The van der Waals surface area contributed by atoms with Gasteiger partial charge >= 0.3 is 0 Å². The molecule has 0 aromatic heterocycles. The van der Waals surface area contributed by atoms with Crippen molar-refractivity contribution in [2.45, 2.75) is 45.3 Å². The molecule has 0 nitrogen and oxygen atoms in total. The van der Waals surface area contributed by atoms with E-state index in [4.69, 9.17) is 0 Å². The quantitative estimate of drug-likeness (QED) is 0.329. The average Bonchev–Trinajstić information content (AvgIpc) is 2.53. The highest BCUT2D eigenvalue weighted by atomic mass is 79.9. The molecule has 1 heterocycles. The van der Waals surface area contributed by atoms with Crippen LogP contribution >= 0.6 is 27.7 Å². The monoisotopic (exact) mass is 379 g/mol. The van der Waals surface area contributed by atoms with Gasteiger partial charge in [0.2, 0.25) is 0 Å². The van der Waals surface area contributed by atoms with E-state index < -0.39 is 0 Å². The third-order valence-corrected chi connectivity index (χ3v) is 8.12. The first-order chi connectivity index (χ1) is 10.4. The number of fused-ring (bicyclic) bond motifs is 2. The van der Waals surface area contributed by atoms with Crippen molar-refractivity contribution in [3.05, 3.63) is 48.5 Å². The Labute approximate surface area is 143 Å². The topological polar surface area (TPSA) is 0 Å². The van der Waals surface area contributed by atoms with Crippen LogP contribution in [0.4, 0.5) is 0 Å². The lowest BCUT2D eigenvalue weighted by Gasteiger charge is -2.19. The van der Waals surface area contributed by atoms with Crippen LogP contribution in [0.3, 0.4) is 0 Å². The summed E-state index contributed by atoms with van der Waals surface area (Å²) in [5, 5.41) is 1.14. The molecule has 1 aliphatic rings. The minimum absolute atomic E-state index is 0.267. The molecule has 3 heteroatoms. The van der Waals surface area contributed by atoms with Crippen molar-refractivity contribution in [2.75, 3.05) is 11.1 Å². The van der Waals surface area contributed by atoms with Crippen molar-refractivity contribution < 1.29 is 0 Å². The number of benzene rings is 2. The first-order valence-corrected chi connectivity index (χ1v) is 10.9. The largest absolute Gasteiger partial charge is 0.174 e. The number of hydrogen-bond acceptors (Lipinski definition) is 1. The molecule has 0 aliphatic carbocycles. The van der Waals surface area contributed by atoms with E-state index in [0.29, 0.717) is 0 Å². The smallest absolute Gasteiger partial charge is 0.0928 e. The van der Waals surface area contributed by atoms with Crippen LogP contribution in [-0.4, -0.2) is 11.1 Å². The SMILES string of the molecule is BrCCCCCC[S+]1c2ccccc2Sc2ccccc21. The highest BCUT2D eigenvalue weighted by Gasteiger charge is 2.34. The second-order valence-electron chi connectivity index (χ2n) is 5.19. The van der Waals surface area contributed by atoms with E-state index >= 15 is 0 Å². The molecule has 0 saturated carbocycles. The Morgan fingerprint density at radius 3 is 1.95 bits per heavy atom. The lowest BCUT2D eigenvalue weighted by molar-refractivity contribution is 0.711. The van der Waals surface area contributed by atoms with E-state index in [2.05, 4.69) is 64.5 Å². The number of rotatable bonds is 6. The maximum Gasteiger partial charge on any atom is 0.174 e. The Bertz CT molecular complexity index is 552. The molecule has 2 aromatic carbocycles. The highest BCUT2D eigenvalue weighted by Crippen LogP contribution is 2.45. The van der Waals surface area contributed by atoms with E-state index in [1.165, 1.54) is 41.2 Å². The second-order valence-corrected chi connectivity index (χ2v) is 9.14. The van der Waals surface area contributed by atoms with Gasteiger partial charge in [-0.15, -0.1) is 0 Å². The molecular weight excluding hydrogens is 360 g/mol. The zero-order valence-corrected chi connectivity index (χ0v) is 15.3. The minimum atomic E-state index is 0.267. The normalized spacial score (nSPS) is 13.8. The molecule has 1 aliphatic heterocycles. The van der Waals surface area contributed by atoms with Gasteiger partial charge in [-0.2, -0.15) is 0 Å². The van der Waals surface area contributed by atoms with Crippen LogP contribution in [-0.2, 0) is 10.9 Å². The zero-order valence-electron chi connectivity index (χ0n) is 12.1. The average molecular weight is 380 g/mol. The van der Waals surface area contributed by atoms with Crippen molar-refractivity contribution in [2.24, 2.45) is 0 Å². The van der Waals surface area contributed by atoms with Gasteiger partial charge in [0.25, 0.3) is 0 Å². The van der Waals surface area contributed by atoms with Gasteiger partial charge in [-0.1, -0.05) is 58.4 Å². The molecule has 0 unspecified atom stereocenters. The van der Waals surface area contributed by atoms with Crippen LogP contribution in [0, 0.1) is 0 Å². The molecule has 0 fully saturated rings. The van der Waals surface area contributed by atoms with Gasteiger partial charge in [0.15, 0.2) is 9.79 Å². The van der Waals surface area contributed by atoms with Crippen LogP contribution in [0.2, 0.25) is 0 Å². The predicted octanol–water partition coefficient (Wildman–Crippen LogP) is 6.14. The molecule has 21 heavy (non-hydrogen) atoms. The maximum atomic E-state index is 3.52. The van der Waals surface area contributed by atoms with E-state index in [9.17, 15) is 0 Å². The van der Waals surface area contributed by atoms with Gasteiger partial charge in [0.1, 0.15) is 5.75 Å². The molecule has 0 radical (unpaired) electrons. The molecule has 0 amide bonds. The summed E-state index contributed by atoms with van der Waals surface area (Å²) in [5.74, 6) is 1.30. The summed E-state index contributed by atoms with van der Waals surface area (Å²) in [5.41, 5.74) is 0. The Kier molecular flexibility index (Phi) is 5.73. The first-order valence-electron chi connectivity index (χ1n) is 7.53. The number of halogens is 1. The van der Waals surface area contributed by atoms with Crippen LogP contribution in [0.5, 0.6) is 0 Å². The maximum absolute atomic E-state index is 3.52. The Hall–Kier alpha value is -0.380. The lowest BCUT2D eigenvalue weighted by atomic mass is 10.2. The lowest BCUT2D eigenvalue weighted by Crippen LogP contribution is -2.14. The number of hydrogen-bond donors (Lipinski definition) is 0. The van der Waals surface area contributed by atoms with Gasteiger partial charge in [-0.05, 0) is 43.5 Å². The van der Waals surface area contributed by atoms with Gasteiger partial charge < -0.3 is 0 Å². The van der Waals surface area contributed by atoms with Gasteiger partial charge in [0, 0.05) is 5.33 Å². The fourth-order valence-corrected chi connectivity index (χ4v) is 7.02. The van der Waals surface area contributed by atoms with Crippen molar-refractivity contribution in [1.82, 2.24) is 0 Å². The van der Waals surface area contributed by atoms with Crippen LogP contribution in [0.25, 0.3) is 0 Å². The van der Waals surface area contributed by atoms with E-state index in [1.807, 2.05) is 11.8 Å².